The van der Waals surface area contributed by atoms with Gasteiger partial charge in [-0.2, -0.15) is 10.5 Å². The molecule has 0 unspecified atom stereocenters. The Balaban J connectivity index is 1.15. The van der Waals surface area contributed by atoms with Crippen molar-refractivity contribution in [1.29, 1.82) is 10.5 Å². The van der Waals surface area contributed by atoms with Gasteiger partial charge in [-0.15, -0.1) is 0 Å². The zero-order valence-electron chi connectivity index (χ0n) is 60.3. The maximum atomic E-state index is 12.8. The summed E-state index contributed by atoms with van der Waals surface area (Å²) >= 11 is 0. The lowest BCUT2D eigenvalue weighted by Crippen LogP contribution is -2.54. The predicted octanol–water partition coefficient (Wildman–Crippen LogP) is 17.9. The molecule has 14 rings (SSSR count). The molecule has 0 saturated heterocycles. The summed E-state index contributed by atoms with van der Waals surface area (Å²) < 4.78 is 18.0. The normalized spacial score (nSPS) is 11.6. The summed E-state index contributed by atoms with van der Waals surface area (Å²) in [7, 11) is 0. The van der Waals surface area contributed by atoms with Crippen molar-refractivity contribution in [3.05, 3.63) is 336 Å². The summed E-state index contributed by atoms with van der Waals surface area (Å²) in [5.41, 5.74) is 13.6. The number of nitrogens with zero attached hydrogens (tertiary/aromatic N) is 6. The Labute approximate surface area is 623 Å². The SMILES string of the molecule is CCCCCCCCOc1ccc(-c2c3/c(=C(\C#N)c4ccc5cc(C#Cc6ccccc6)ccc5n4)n(B(c4ccccc4)c4ccccc4)c(-c4ccc(OCCCCCCCC)cc4)c3/c(=C(/C#N)c3ccc4cc(C#Cc5ccccc5)ccc4n3)n2B(c2ccccc2)c2ccccc2)cc1. The van der Waals surface area contributed by atoms with Crippen molar-refractivity contribution < 1.29 is 9.47 Å². The molecule has 514 valence electrons. The first-order chi connectivity index (χ1) is 52.5. The van der Waals surface area contributed by atoms with Crippen LogP contribution in [0.4, 0.5) is 0 Å². The number of unbranched alkanes of at least 4 members (excludes halogenated alkanes) is 10. The summed E-state index contributed by atoms with van der Waals surface area (Å²) in [5.74, 6) is 14.9. The van der Waals surface area contributed by atoms with Crippen molar-refractivity contribution >= 4 is 79.3 Å². The Morgan fingerprint density at radius 1 is 0.340 bits per heavy atom. The molecule has 0 fully saturated rings. The molecule has 10 heteroatoms. The van der Waals surface area contributed by atoms with Crippen molar-refractivity contribution in [3.8, 4) is 69.8 Å². The van der Waals surface area contributed by atoms with Crippen LogP contribution in [0.2, 0.25) is 0 Å². The van der Waals surface area contributed by atoms with Gasteiger partial charge < -0.3 is 18.4 Å². The van der Waals surface area contributed by atoms with Crippen LogP contribution in [0.25, 0.3) is 66.2 Å². The molecular weight excluding hydrogens is 1290 g/mol. The fourth-order valence-electron chi connectivity index (χ4n) is 14.5. The number of hydrogen-bond donors (Lipinski definition) is 0. The summed E-state index contributed by atoms with van der Waals surface area (Å²) in [6, 6.07) is 105. The highest BCUT2D eigenvalue weighted by Gasteiger charge is 2.37. The smallest absolute Gasteiger partial charge is 0.328 e. The average molecular weight is 1370 g/mol. The van der Waals surface area contributed by atoms with E-state index in [0.29, 0.717) is 57.5 Å². The van der Waals surface area contributed by atoms with Crippen molar-refractivity contribution in [2.75, 3.05) is 13.2 Å². The second-order valence-corrected chi connectivity index (χ2v) is 27.0. The fraction of sp³-hybridized carbons (Fsp3) is 0.167. The molecule has 106 heavy (non-hydrogen) atoms. The molecule has 10 aromatic carbocycles. The van der Waals surface area contributed by atoms with E-state index in [1.807, 2.05) is 121 Å². The summed E-state index contributed by atoms with van der Waals surface area (Å²) in [6.45, 7) is 4.49. The maximum Gasteiger partial charge on any atom is 0.328 e. The van der Waals surface area contributed by atoms with Gasteiger partial charge in [0.2, 0.25) is 0 Å². The van der Waals surface area contributed by atoms with Gasteiger partial charge in [-0.3, -0.25) is 0 Å². The van der Waals surface area contributed by atoms with Crippen LogP contribution in [0, 0.1) is 46.3 Å². The molecule has 0 aliphatic carbocycles. The highest BCUT2D eigenvalue weighted by Crippen LogP contribution is 2.38. The molecule has 0 saturated carbocycles. The molecule has 0 bridgehead atoms. The number of benzene rings is 10. The van der Waals surface area contributed by atoms with Crippen LogP contribution in [0.1, 0.15) is 125 Å². The van der Waals surface area contributed by atoms with Gasteiger partial charge in [0, 0.05) is 55.2 Å². The summed E-state index contributed by atoms with van der Waals surface area (Å²) in [4.78, 5) is 11.1. The van der Waals surface area contributed by atoms with Crippen LogP contribution in [0.5, 0.6) is 11.5 Å². The van der Waals surface area contributed by atoms with Crippen LogP contribution in [0.15, 0.2) is 291 Å². The number of nitriles is 2. The third-order valence-electron chi connectivity index (χ3n) is 19.8. The highest BCUT2D eigenvalue weighted by molar-refractivity contribution is 6.85. The van der Waals surface area contributed by atoms with E-state index in [4.69, 9.17) is 19.4 Å². The van der Waals surface area contributed by atoms with Crippen LogP contribution >= 0.6 is 0 Å². The highest BCUT2D eigenvalue weighted by atomic mass is 16.5. The number of ether oxygens (including phenoxy) is 2. The van der Waals surface area contributed by atoms with Crippen LogP contribution in [-0.2, 0) is 0 Å². The minimum atomic E-state index is -0.590. The van der Waals surface area contributed by atoms with Gasteiger partial charge in [-0.25, -0.2) is 9.97 Å². The van der Waals surface area contributed by atoms with Gasteiger partial charge in [-0.1, -0.05) is 293 Å². The first-order valence-electron chi connectivity index (χ1n) is 37.5. The van der Waals surface area contributed by atoms with Gasteiger partial charge in [0.15, 0.2) is 0 Å². The molecule has 14 aromatic rings. The van der Waals surface area contributed by atoms with Crippen molar-refractivity contribution in [2.24, 2.45) is 0 Å². The quantitative estimate of drug-likeness (QED) is 0.0304. The van der Waals surface area contributed by atoms with Gasteiger partial charge in [0.25, 0.3) is 0 Å². The molecule has 0 radical (unpaired) electrons. The maximum absolute atomic E-state index is 12.8. The van der Waals surface area contributed by atoms with Gasteiger partial charge in [0.05, 0.1) is 46.3 Å². The lowest BCUT2D eigenvalue weighted by atomic mass is 9.50. The third kappa shape index (κ3) is 16.1. The number of rotatable bonds is 26. The number of pyridine rings is 2. The molecule has 4 aromatic heterocycles. The molecule has 0 aliphatic heterocycles. The molecule has 0 spiro atoms. The zero-order valence-corrected chi connectivity index (χ0v) is 60.3. The predicted molar refractivity (Wildman–Crippen MR) is 439 cm³/mol. The Bertz CT molecular complexity index is 5280. The second-order valence-electron chi connectivity index (χ2n) is 27.0. The van der Waals surface area contributed by atoms with Gasteiger partial charge in [0.1, 0.15) is 34.8 Å². The van der Waals surface area contributed by atoms with Crippen LogP contribution in [0.3, 0.4) is 0 Å². The van der Waals surface area contributed by atoms with Crippen molar-refractivity contribution in [1.82, 2.24) is 18.9 Å². The molecule has 0 aliphatic rings. The molecular formula is C96H82B2N6O2. The molecule has 4 heterocycles. The third-order valence-corrected chi connectivity index (χ3v) is 19.8. The van der Waals surface area contributed by atoms with E-state index in [0.717, 1.165) is 125 Å². The Hall–Kier alpha value is -12.6. The number of aromatic nitrogens is 4. The molecule has 0 N–H and O–H groups in total. The Kier molecular flexibility index (Phi) is 23.0. The topological polar surface area (TPSA) is 102 Å². The number of fused-ring (bicyclic) bond motifs is 3. The zero-order chi connectivity index (χ0) is 72.2. The lowest BCUT2D eigenvalue weighted by molar-refractivity contribution is 0.304. The van der Waals surface area contributed by atoms with Crippen molar-refractivity contribution in [3.63, 3.8) is 0 Å². The van der Waals surface area contributed by atoms with Crippen LogP contribution in [-0.4, -0.2) is 45.8 Å². The first kappa shape index (κ1) is 70.4. The second kappa shape index (κ2) is 34.6. The van der Waals surface area contributed by atoms with Gasteiger partial charge >= 0.3 is 13.7 Å². The summed E-state index contributed by atoms with van der Waals surface area (Å²) in [5, 5.41) is 30.0. The number of hydrogen-bond acceptors (Lipinski definition) is 6. The minimum Gasteiger partial charge on any atom is -0.494 e. The molecule has 0 atom stereocenters. The van der Waals surface area contributed by atoms with E-state index in [2.05, 4.69) is 228 Å². The monoisotopic (exact) mass is 1370 g/mol. The average Bonchev–Trinajstić information content (AvgIpc) is 1.52. The largest absolute Gasteiger partial charge is 0.494 e. The first-order valence-corrected chi connectivity index (χ1v) is 37.5. The Morgan fingerprint density at radius 2 is 0.660 bits per heavy atom. The lowest BCUT2D eigenvalue weighted by Gasteiger charge is -2.24. The Morgan fingerprint density at radius 3 is 1.00 bits per heavy atom. The minimum absolute atomic E-state index is 0.329. The van der Waals surface area contributed by atoms with E-state index in [9.17, 15) is 10.5 Å². The standard InChI is InChI=1S/C96H82B2N6O2/c1-3-5-7-9-11-31-65-105-83-57-51-75(52-58-83)93-91-92(96(103(93)97(79-37-23-15-24-38-79)80-39-25-16-26-40-80)86(70-100)90-64-56-78-68-74(50-62-88(78)102-90)48-46-72-35-21-14-22-36-72)94(76-53-59-84(60-54-76)106-66-32-12-10-8-6-4-2)104(98(81-41-27-17-28-42-81)82-43-29-18-30-44-82)95(91)85(69-99)89-63-55-77-67-73(49-61-87(77)101-89)47-45-71-33-19-13-20-34-71/h13-30,33-44,49-64,67-68H,3-12,31-32,65-66H2,1-2H3/b95-85-,96-86+. The van der Waals surface area contributed by atoms with E-state index in [1.165, 1.54) is 51.4 Å². The van der Waals surface area contributed by atoms with Crippen LogP contribution < -0.4 is 42.0 Å². The van der Waals surface area contributed by atoms with Gasteiger partial charge in [-0.05, 0) is 145 Å². The van der Waals surface area contributed by atoms with Crippen molar-refractivity contribution in [2.45, 2.75) is 90.9 Å². The van der Waals surface area contributed by atoms with E-state index < -0.39 is 13.7 Å². The summed E-state index contributed by atoms with van der Waals surface area (Å²) in [6.07, 6.45) is 13.7. The van der Waals surface area contributed by atoms with E-state index in [1.54, 1.807) is 0 Å². The molecule has 0 amide bonds. The fourth-order valence-corrected chi connectivity index (χ4v) is 14.5. The van der Waals surface area contributed by atoms with E-state index in [-0.39, 0.29) is 0 Å². The molecule has 8 nitrogen and oxygen atoms in total. The van der Waals surface area contributed by atoms with E-state index >= 15 is 0 Å².